The molecule has 0 aliphatic heterocycles. The number of benzene rings is 12. The number of phenols is 2. The average Bonchev–Trinajstić information content (AvgIpc) is 1.62. The van der Waals surface area contributed by atoms with Crippen molar-refractivity contribution in [3.05, 3.63) is 333 Å². The Morgan fingerprint density at radius 3 is 1.17 bits per heavy atom. The molecule has 0 unspecified atom stereocenters. The Bertz CT molecular complexity index is 7700. The number of phenolic OH excluding ortho intramolecular Hbond substituents is 2. The van der Waals surface area contributed by atoms with Crippen molar-refractivity contribution >= 4 is 22.1 Å². The van der Waals surface area contributed by atoms with Crippen molar-refractivity contribution < 1.29 is 77.0 Å². The average molecular weight is 2110 g/mol. The van der Waals surface area contributed by atoms with E-state index >= 15 is 0 Å². The quantitative estimate of drug-likeness (QED) is 0.0992. The van der Waals surface area contributed by atoms with Gasteiger partial charge in [-0.1, -0.05) is 340 Å². The van der Waals surface area contributed by atoms with Gasteiger partial charge in [-0.2, -0.15) is 0 Å². The van der Waals surface area contributed by atoms with E-state index < -0.39 is 84.9 Å². The zero-order valence-electron chi connectivity index (χ0n) is 97.6. The van der Waals surface area contributed by atoms with Gasteiger partial charge in [0.1, 0.15) is 23.1 Å². The second-order valence-corrected chi connectivity index (χ2v) is 41.0. The number of aromatic hydroxyl groups is 2. The van der Waals surface area contributed by atoms with Gasteiger partial charge in [-0.25, -0.2) is 9.97 Å². The van der Waals surface area contributed by atoms with Gasteiger partial charge in [-0.15, -0.1) is 58.7 Å². The van der Waals surface area contributed by atoms with Gasteiger partial charge >= 0.3 is 0 Å². The molecule has 0 aliphatic rings. The van der Waals surface area contributed by atoms with Crippen molar-refractivity contribution in [2.24, 2.45) is 0 Å². The molecule has 0 bridgehead atoms. The van der Waals surface area contributed by atoms with E-state index in [1.165, 1.54) is 33.4 Å². The van der Waals surface area contributed by atoms with Crippen LogP contribution in [0.3, 0.4) is 0 Å². The van der Waals surface area contributed by atoms with Crippen LogP contribution in [0.15, 0.2) is 249 Å². The van der Waals surface area contributed by atoms with E-state index in [0.717, 1.165) is 78.0 Å². The molecule has 16 aromatic rings. The second kappa shape index (κ2) is 37.5. The molecule has 0 saturated carbocycles. The molecular weight excluding hydrogens is 1960 g/mol. The Balaban J connectivity index is 0.000000247. The Morgan fingerprint density at radius 1 is 0.366 bits per heavy atom. The van der Waals surface area contributed by atoms with Gasteiger partial charge in [0.15, 0.2) is 0 Å². The molecule has 0 aliphatic carbocycles. The van der Waals surface area contributed by atoms with E-state index in [2.05, 4.69) is 184 Å². The van der Waals surface area contributed by atoms with Crippen molar-refractivity contribution in [2.75, 3.05) is 0 Å². The van der Waals surface area contributed by atoms with Crippen molar-refractivity contribution in [3.63, 3.8) is 0 Å². The molecule has 0 atom stereocenters. The van der Waals surface area contributed by atoms with Crippen LogP contribution in [0, 0.1) is 39.8 Å². The summed E-state index contributed by atoms with van der Waals surface area (Å²) < 4.78 is 165. The van der Waals surface area contributed by atoms with Crippen LogP contribution in [-0.4, -0.2) is 39.3 Å². The number of pyridine rings is 2. The van der Waals surface area contributed by atoms with E-state index in [0.29, 0.717) is 78.3 Å². The summed E-state index contributed by atoms with van der Waals surface area (Å²) in [6.07, 6.45) is 3.63. The van der Waals surface area contributed by atoms with Crippen LogP contribution in [-0.2, 0) is 74.6 Å². The van der Waals surface area contributed by atoms with Crippen LogP contribution in [0.25, 0.3) is 145 Å². The third kappa shape index (κ3) is 19.9. The summed E-state index contributed by atoms with van der Waals surface area (Å²) in [6, 6.07) is 70.3. The number of fused-ring (bicyclic) bond motifs is 2. The third-order valence-corrected chi connectivity index (χ3v) is 24.8. The second-order valence-electron chi connectivity index (χ2n) is 41.0. The molecule has 678 valence electrons. The molecule has 16 rings (SSSR count). The summed E-state index contributed by atoms with van der Waals surface area (Å²) in [6.45, 7) is 36.2. The maximum absolute atomic E-state index is 12.8. The summed E-state index contributed by atoms with van der Waals surface area (Å²) in [5.74, 6) is -5.42. The molecular formula is C121H130N6O2Pt2-2. The first kappa shape index (κ1) is 75.4. The van der Waals surface area contributed by atoms with Crippen LogP contribution in [0.2, 0.25) is 0 Å². The number of imidazole rings is 2. The molecule has 0 saturated heterocycles. The van der Waals surface area contributed by atoms with Gasteiger partial charge in [0.05, 0.1) is 51.4 Å². The van der Waals surface area contributed by atoms with Crippen molar-refractivity contribution in [3.8, 4) is 135 Å². The number of para-hydroxylation sites is 2. The first-order valence-electron chi connectivity index (χ1n) is 53.4. The van der Waals surface area contributed by atoms with E-state index in [1.807, 2.05) is 131 Å². The molecule has 8 nitrogen and oxygen atoms in total. The number of rotatable bonds is 15. The topological polar surface area (TPSA) is 102 Å². The minimum atomic E-state index is -3.26. The maximum Gasteiger partial charge on any atom is 0.148 e. The SMILES string of the molecule is [2H]C([2H])([2H])C(c1cc(-c2ccccc2)cc(C(C([2H])([2H])[2H])C([2H])([2H])[2H])c1-n1c(-c2cc(C(C)(C)C)cc(C(C)(C)C)c2O)nc2c(-c3[c-]c(-c4cc(-c5c(C)cccc5C)ccn4)cc(C(C)(C)C)c3)cccc21)C([2H])([2H])[2H].[2H]c1c([2H])c([2H])c(-c2cc(C([2H])(C)C)ccc2-n2c(-c3cc(C(C)(C)C)cc(C(C)(C)C)c3O)nc3c(-c4[c-]c(-c5cc(-c6c(C)cccc6C)ccn5)cc(C(C)(C)C)c4)cccc32)c([2H])c1[2H].[Pt].[Pt]. The number of aryl methyl sites for hydroxylation is 4. The number of aromatic nitrogens is 6. The summed E-state index contributed by atoms with van der Waals surface area (Å²) in [5, 5.41) is 25.4. The van der Waals surface area contributed by atoms with Crippen molar-refractivity contribution in [1.29, 1.82) is 0 Å². The van der Waals surface area contributed by atoms with Crippen molar-refractivity contribution in [1.82, 2.24) is 29.1 Å². The zero-order valence-corrected chi connectivity index (χ0v) is 84.2. The van der Waals surface area contributed by atoms with E-state index in [4.69, 9.17) is 41.9 Å². The fraction of sp³-hybridized carbons (Fsp3) is 0.306. The summed E-state index contributed by atoms with van der Waals surface area (Å²) in [7, 11) is 0. The molecule has 12 aromatic carbocycles. The maximum atomic E-state index is 12.8. The molecule has 0 radical (unpaired) electrons. The Hall–Kier alpha value is -11.1. The predicted molar refractivity (Wildman–Crippen MR) is 547 cm³/mol. The number of hydrogen-bond acceptors (Lipinski definition) is 6. The third-order valence-electron chi connectivity index (χ3n) is 24.8. The largest absolute Gasteiger partial charge is 0.507 e. The minimum Gasteiger partial charge on any atom is -0.507 e. The Kier molecular flexibility index (Phi) is 21.6. The predicted octanol–water partition coefficient (Wildman–Crippen LogP) is 32.9. The van der Waals surface area contributed by atoms with Crippen LogP contribution >= 0.6 is 0 Å². The fourth-order valence-corrected chi connectivity index (χ4v) is 17.5. The van der Waals surface area contributed by atoms with E-state index in [9.17, 15) is 13.0 Å². The van der Waals surface area contributed by atoms with Crippen LogP contribution in [0.1, 0.15) is 281 Å². The van der Waals surface area contributed by atoms with Gasteiger partial charge < -0.3 is 10.2 Å². The smallest absolute Gasteiger partial charge is 0.148 e. The van der Waals surface area contributed by atoms with Crippen LogP contribution in [0.5, 0.6) is 11.5 Å². The fourth-order valence-electron chi connectivity index (χ4n) is 17.5. The summed E-state index contributed by atoms with van der Waals surface area (Å²) in [4.78, 5) is 20.8. The summed E-state index contributed by atoms with van der Waals surface area (Å²) >= 11 is 0. The van der Waals surface area contributed by atoms with E-state index in [-0.39, 0.29) is 121 Å². The van der Waals surface area contributed by atoms with Gasteiger partial charge in [-0.05, 0) is 228 Å². The van der Waals surface area contributed by atoms with Crippen molar-refractivity contribution in [2.45, 2.75) is 244 Å². The monoisotopic (exact) mass is 2110 g/mol. The molecule has 2 N–H and O–H groups in total. The number of nitrogens with zero attached hydrogens (tertiary/aromatic N) is 6. The summed E-state index contributed by atoms with van der Waals surface area (Å²) in [5.41, 5.74) is 20.4. The molecule has 4 heterocycles. The van der Waals surface area contributed by atoms with Crippen LogP contribution < -0.4 is 0 Å². The number of hydrogen-bond donors (Lipinski definition) is 2. The van der Waals surface area contributed by atoms with E-state index in [1.54, 1.807) is 74.6 Å². The molecule has 0 spiro atoms. The van der Waals surface area contributed by atoms with Gasteiger partial charge in [0, 0.05) is 100 Å². The minimum absolute atomic E-state index is 0. The Morgan fingerprint density at radius 2 is 0.763 bits per heavy atom. The molecule has 4 aromatic heterocycles. The van der Waals surface area contributed by atoms with Gasteiger partial charge in [0.25, 0.3) is 0 Å². The molecule has 0 fully saturated rings. The Labute approximate surface area is 834 Å². The molecule has 10 heteroatoms. The molecule has 131 heavy (non-hydrogen) atoms. The van der Waals surface area contributed by atoms with Gasteiger partial charge in [-0.3, -0.25) is 19.1 Å². The zero-order chi connectivity index (χ0) is 108. The molecule has 0 amide bonds. The first-order chi connectivity index (χ1) is 67.9. The standard InChI is InChI=1S/C62H68N3O.C59H62N3O.2Pt/c1-37(2)49-32-43(41-23-17-16-18-24-41)33-50(38(3)4)57(49)65-54-26-20-25-48(56(54)64-59(65)51-35-47(61(10,11)12)36-52(58(51)66)62(13,14)15)44-29-45(31-46(30-44)60(7,8)9)53-34-42(27-28-63-53)55-39(5)21-19-22-40(55)6;1-36(2)40-25-26-51(47(32-40)39-21-15-14-16-22-39)62-52-24-18-23-46(54(52)61-56(62)48-34-45(58(8,9)10)35-49(55(48)63)59(11,12)13)42-29-43(31-44(30-42)57(5,6)7)50-33-41(27-28-60-50)53-37(3)19-17-20-38(53)4;;/h16-28,30-38,66H,1-15H3;14-28,30-36,63H,1-13H3;;/q2*-1;;/i1D3,2D3,3D3,4D3;14D,15D,16D,21D,22D,36D;;. The normalized spacial score (nSPS) is 14.7. The van der Waals surface area contributed by atoms with Gasteiger partial charge in [0.2, 0.25) is 0 Å². The van der Waals surface area contributed by atoms with Crippen LogP contribution in [0.4, 0.5) is 0 Å². The first-order valence-corrected chi connectivity index (χ1v) is 44.4.